The van der Waals surface area contributed by atoms with Gasteiger partial charge in [0.05, 0.1) is 5.52 Å². The highest BCUT2D eigenvalue weighted by Crippen LogP contribution is 2.28. The second kappa shape index (κ2) is 5.13. The SMILES string of the molecule is S=c1[nH]c2cc(Br)cnc2n1CCC1CCCC1. The number of pyridine rings is 1. The van der Waals surface area contributed by atoms with Crippen molar-refractivity contribution in [2.45, 2.75) is 38.6 Å². The largest absolute Gasteiger partial charge is 0.329 e. The van der Waals surface area contributed by atoms with Gasteiger partial charge in [-0.1, -0.05) is 25.7 Å². The van der Waals surface area contributed by atoms with Crippen molar-refractivity contribution in [3.05, 3.63) is 21.5 Å². The maximum atomic E-state index is 5.39. The minimum atomic E-state index is 0.786. The number of imidazole rings is 1. The van der Waals surface area contributed by atoms with Gasteiger partial charge in [-0.15, -0.1) is 0 Å². The van der Waals surface area contributed by atoms with Crippen molar-refractivity contribution in [1.82, 2.24) is 14.5 Å². The second-order valence-corrected chi connectivity index (χ2v) is 6.35. The van der Waals surface area contributed by atoms with Crippen molar-refractivity contribution in [2.75, 3.05) is 0 Å². The number of fused-ring (bicyclic) bond motifs is 1. The molecule has 0 spiro atoms. The molecule has 0 atom stereocenters. The van der Waals surface area contributed by atoms with Gasteiger partial charge >= 0.3 is 0 Å². The summed E-state index contributed by atoms with van der Waals surface area (Å²) < 4.78 is 3.90. The van der Waals surface area contributed by atoms with Gasteiger partial charge in [0.2, 0.25) is 0 Å². The van der Waals surface area contributed by atoms with Crippen LogP contribution in [0.3, 0.4) is 0 Å². The van der Waals surface area contributed by atoms with Gasteiger partial charge < -0.3 is 9.55 Å². The van der Waals surface area contributed by atoms with Crippen molar-refractivity contribution in [3.8, 4) is 0 Å². The van der Waals surface area contributed by atoms with Gasteiger partial charge in [-0.05, 0) is 46.6 Å². The molecule has 1 fully saturated rings. The summed E-state index contributed by atoms with van der Waals surface area (Å²) in [6, 6.07) is 2.03. The average molecular weight is 326 g/mol. The predicted octanol–water partition coefficient (Wildman–Crippen LogP) is 4.44. The van der Waals surface area contributed by atoms with E-state index in [4.69, 9.17) is 12.2 Å². The molecule has 3 rings (SSSR count). The van der Waals surface area contributed by atoms with Crippen LogP contribution >= 0.6 is 28.1 Å². The van der Waals surface area contributed by atoms with E-state index in [-0.39, 0.29) is 0 Å². The Labute approximate surface area is 120 Å². The Morgan fingerprint density at radius 3 is 3.00 bits per heavy atom. The van der Waals surface area contributed by atoms with Crippen LogP contribution in [0.4, 0.5) is 0 Å². The highest BCUT2D eigenvalue weighted by atomic mass is 79.9. The normalized spacial score (nSPS) is 16.7. The first-order chi connectivity index (χ1) is 8.74. The monoisotopic (exact) mass is 325 g/mol. The number of rotatable bonds is 3. The summed E-state index contributed by atoms with van der Waals surface area (Å²) >= 11 is 8.82. The molecule has 0 aliphatic heterocycles. The maximum Gasteiger partial charge on any atom is 0.179 e. The first-order valence-corrected chi connectivity index (χ1v) is 7.68. The zero-order valence-corrected chi connectivity index (χ0v) is 12.6. The molecular weight excluding hydrogens is 310 g/mol. The van der Waals surface area contributed by atoms with Gasteiger partial charge in [0.25, 0.3) is 0 Å². The van der Waals surface area contributed by atoms with E-state index in [2.05, 4.69) is 30.5 Å². The summed E-state index contributed by atoms with van der Waals surface area (Å²) in [5, 5.41) is 0. The third-order valence-corrected chi connectivity index (χ3v) is 4.57. The molecule has 0 unspecified atom stereocenters. The molecule has 2 aromatic rings. The second-order valence-electron chi connectivity index (χ2n) is 5.05. The molecule has 0 bridgehead atoms. The molecule has 0 amide bonds. The van der Waals surface area contributed by atoms with Crippen LogP contribution in [-0.4, -0.2) is 14.5 Å². The summed E-state index contributed by atoms with van der Waals surface area (Å²) in [6.45, 7) is 0.984. The lowest BCUT2D eigenvalue weighted by atomic mass is 10.0. The van der Waals surface area contributed by atoms with Gasteiger partial charge in [-0.2, -0.15) is 0 Å². The number of aryl methyl sites for hydroxylation is 1. The lowest BCUT2D eigenvalue weighted by Gasteiger charge is -2.09. The molecule has 1 N–H and O–H groups in total. The summed E-state index contributed by atoms with van der Waals surface area (Å²) in [4.78, 5) is 7.69. The van der Waals surface area contributed by atoms with Crippen LogP contribution in [-0.2, 0) is 6.54 Å². The molecule has 0 aromatic carbocycles. The molecule has 1 saturated carbocycles. The molecule has 2 heterocycles. The third-order valence-electron chi connectivity index (χ3n) is 3.81. The minimum Gasteiger partial charge on any atom is -0.329 e. The fourth-order valence-electron chi connectivity index (χ4n) is 2.84. The summed E-state index contributed by atoms with van der Waals surface area (Å²) in [7, 11) is 0. The Balaban J connectivity index is 1.86. The average Bonchev–Trinajstić information content (AvgIpc) is 2.93. The standard InChI is InChI=1S/C13H16BrN3S/c14-10-7-11-12(15-8-10)17(13(18)16-11)6-5-9-3-1-2-4-9/h7-9H,1-6H2,(H,16,18). The number of hydrogen-bond acceptors (Lipinski definition) is 2. The van der Waals surface area contributed by atoms with Gasteiger partial charge in [0.1, 0.15) is 0 Å². The van der Waals surface area contributed by atoms with Crippen molar-refractivity contribution >= 4 is 39.3 Å². The summed E-state index contributed by atoms with van der Waals surface area (Å²) in [6.07, 6.45) is 8.61. The molecular formula is C13H16BrN3S. The quantitative estimate of drug-likeness (QED) is 0.846. The number of halogens is 1. The third kappa shape index (κ3) is 2.38. The zero-order valence-electron chi connectivity index (χ0n) is 10.2. The Morgan fingerprint density at radius 1 is 1.44 bits per heavy atom. The number of aromatic amines is 1. The first kappa shape index (κ1) is 12.4. The maximum absolute atomic E-state index is 5.39. The van der Waals surface area contributed by atoms with Crippen LogP contribution in [0.2, 0.25) is 0 Å². The molecule has 18 heavy (non-hydrogen) atoms. The Bertz CT molecular complexity index is 610. The van der Waals surface area contributed by atoms with Crippen molar-refractivity contribution < 1.29 is 0 Å². The first-order valence-electron chi connectivity index (χ1n) is 6.48. The fourth-order valence-corrected chi connectivity index (χ4v) is 3.46. The highest BCUT2D eigenvalue weighted by Gasteiger charge is 2.15. The number of nitrogens with one attached hydrogen (secondary N) is 1. The van der Waals surface area contributed by atoms with Crippen LogP contribution in [0, 0.1) is 10.7 Å². The van der Waals surface area contributed by atoms with E-state index >= 15 is 0 Å². The molecule has 1 aliphatic carbocycles. The lowest BCUT2D eigenvalue weighted by molar-refractivity contribution is 0.460. The number of aromatic nitrogens is 3. The van der Waals surface area contributed by atoms with Gasteiger partial charge in [0.15, 0.2) is 10.4 Å². The highest BCUT2D eigenvalue weighted by molar-refractivity contribution is 9.10. The minimum absolute atomic E-state index is 0.786. The topological polar surface area (TPSA) is 33.6 Å². The zero-order chi connectivity index (χ0) is 12.5. The van der Waals surface area contributed by atoms with E-state index in [0.717, 1.165) is 32.9 Å². The Morgan fingerprint density at radius 2 is 2.22 bits per heavy atom. The Kier molecular flexibility index (Phi) is 3.52. The van der Waals surface area contributed by atoms with E-state index in [1.54, 1.807) is 0 Å². The molecule has 1 aliphatic rings. The summed E-state index contributed by atoms with van der Waals surface area (Å²) in [5.41, 5.74) is 1.99. The molecule has 96 valence electrons. The van der Waals surface area contributed by atoms with Crippen LogP contribution in [0.25, 0.3) is 11.2 Å². The van der Waals surface area contributed by atoms with Crippen LogP contribution in [0.5, 0.6) is 0 Å². The molecule has 0 saturated heterocycles. The van der Waals surface area contributed by atoms with E-state index in [0.29, 0.717) is 0 Å². The van der Waals surface area contributed by atoms with E-state index in [1.165, 1.54) is 32.1 Å². The van der Waals surface area contributed by atoms with E-state index in [1.807, 2.05) is 12.3 Å². The lowest BCUT2D eigenvalue weighted by Crippen LogP contribution is -2.04. The van der Waals surface area contributed by atoms with Gasteiger partial charge in [-0.25, -0.2) is 4.98 Å². The fraction of sp³-hybridized carbons (Fsp3) is 0.538. The van der Waals surface area contributed by atoms with Gasteiger partial charge in [-0.3, -0.25) is 0 Å². The molecule has 2 aromatic heterocycles. The van der Waals surface area contributed by atoms with Crippen molar-refractivity contribution in [1.29, 1.82) is 0 Å². The molecule has 3 nitrogen and oxygen atoms in total. The van der Waals surface area contributed by atoms with Crippen LogP contribution in [0.15, 0.2) is 16.7 Å². The smallest absolute Gasteiger partial charge is 0.179 e. The molecule has 0 radical (unpaired) electrons. The molecule has 5 heteroatoms. The van der Waals surface area contributed by atoms with Crippen molar-refractivity contribution in [3.63, 3.8) is 0 Å². The van der Waals surface area contributed by atoms with Crippen LogP contribution < -0.4 is 0 Å². The van der Waals surface area contributed by atoms with Crippen molar-refractivity contribution in [2.24, 2.45) is 5.92 Å². The number of hydrogen-bond donors (Lipinski definition) is 1. The van der Waals surface area contributed by atoms with Gasteiger partial charge in [0, 0.05) is 17.2 Å². The van der Waals surface area contributed by atoms with E-state index in [9.17, 15) is 0 Å². The summed E-state index contributed by atoms with van der Waals surface area (Å²) in [5.74, 6) is 0.882. The Hall–Kier alpha value is -0.680. The number of H-pyrrole nitrogens is 1. The number of nitrogens with zero attached hydrogens (tertiary/aromatic N) is 2. The van der Waals surface area contributed by atoms with E-state index < -0.39 is 0 Å². The van der Waals surface area contributed by atoms with Crippen LogP contribution in [0.1, 0.15) is 32.1 Å². The predicted molar refractivity (Wildman–Crippen MR) is 79.2 cm³/mol.